The second-order valence-electron chi connectivity index (χ2n) is 9.36. The highest BCUT2D eigenvalue weighted by Crippen LogP contribution is 2.39. The van der Waals surface area contributed by atoms with Crippen molar-refractivity contribution in [2.75, 3.05) is 36.9 Å². The first kappa shape index (κ1) is 22.9. The van der Waals surface area contributed by atoms with Crippen molar-refractivity contribution < 1.29 is 13.9 Å². The molecule has 1 spiro atoms. The van der Waals surface area contributed by atoms with Crippen LogP contribution < -0.4 is 21.7 Å². The van der Waals surface area contributed by atoms with Crippen LogP contribution in [0.4, 0.5) is 15.9 Å². The van der Waals surface area contributed by atoms with Gasteiger partial charge in [-0.1, -0.05) is 0 Å². The molecule has 5 N–H and O–H groups in total. The third-order valence-electron chi connectivity index (χ3n) is 6.75. The summed E-state index contributed by atoms with van der Waals surface area (Å²) in [5.41, 5.74) is 13.5. The molecule has 5 rings (SSSR count). The lowest BCUT2D eigenvalue weighted by Crippen LogP contribution is -2.40. The summed E-state index contributed by atoms with van der Waals surface area (Å²) >= 11 is 1.24. The van der Waals surface area contributed by atoms with E-state index < -0.39 is 0 Å². The summed E-state index contributed by atoms with van der Waals surface area (Å²) in [6.45, 7) is 6.15. The van der Waals surface area contributed by atoms with Gasteiger partial charge < -0.3 is 26.4 Å². The SMILES string of the molecule is Cc1ncc2c(N)c(C(=O)NC(C)Cc3cnc(N4CC(N)C5(CCOC5)C4)c(F)c3)sc2n1. The first-order valence-corrected chi connectivity index (χ1v) is 12.1. The van der Waals surface area contributed by atoms with E-state index in [1.165, 1.54) is 17.4 Å². The van der Waals surface area contributed by atoms with E-state index in [-0.39, 0.29) is 29.2 Å². The fourth-order valence-corrected chi connectivity index (χ4v) is 5.87. The largest absolute Gasteiger partial charge is 0.397 e. The molecule has 180 valence electrons. The molecule has 11 heteroatoms. The number of nitrogens with one attached hydrogen (secondary N) is 1. The molecule has 1 amide bonds. The van der Waals surface area contributed by atoms with Crippen LogP contribution in [0.1, 0.15) is 34.4 Å². The number of halogens is 1. The molecule has 0 saturated carbocycles. The molecule has 5 heterocycles. The normalized spacial score (nSPS) is 23.2. The number of amides is 1. The minimum absolute atomic E-state index is 0.0673. The summed E-state index contributed by atoms with van der Waals surface area (Å²) in [4.78, 5) is 28.7. The lowest BCUT2D eigenvalue weighted by molar-refractivity contribution is 0.0945. The number of nitrogens with two attached hydrogens (primary N) is 2. The molecule has 3 atom stereocenters. The average Bonchev–Trinajstić information content (AvgIpc) is 3.47. The van der Waals surface area contributed by atoms with E-state index in [0.717, 1.165) is 6.42 Å². The molecular formula is C23H28FN7O2S. The number of hydrogen-bond acceptors (Lipinski definition) is 9. The molecule has 3 unspecified atom stereocenters. The minimum atomic E-state index is -0.387. The van der Waals surface area contributed by atoms with Crippen molar-refractivity contribution >= 4 is 39.0 Å². The van der Waals surface area contributed by atoms with Gasteiger partial charge >= 0.3 is 0 Å². The van der Waals surface area contributed by atoms with Crippen molar-refractivity contribution in [2.24, 2.45) is 11.1 Å². The fraction of sp³-hybridized carbons (Fsp3) is 0.478. The van der Waals surface area contributed by atoms with Crippen LogP contribution in [0.25, 0.3) is 10.2 Å². The number of pyridine rings is 1. The van der Waals surface area contributed by atoms with Crippen LogP contribution in [0.2, 0.25) is 0 Å². The molecule has 2 saturated heterocycles. The predicted octanol–water partition coefficient (Wildman–Crippen LogP) is 2.03. The third-order valence-corrected chi connectivity index (χ3v) is 7.87. The maximum Gasteiger partial charge on any atom is 0.263 e. The molecule has 3 aromatic heterocycles. The number of ether oxygens (including phenoxy) is 1. The lowest BCUT2D eigenvalue weighted by atomic mass is 9.83. The second-order valence-corrected chi connectivity index (χ2v) is 10.4. The van der Waals surface area contributed by atoms with Gasteiger partial charge in [-0.05, 0) is 38.3 Å². The highest BCUT2D eigenvalue weighted by atomic mass is 32.1. The molecule has 9 nitrogen and oxygen atoms in total. The van der Waals surface area contributed by atoms with Crippen molar-refractivity contribution in [3.8, 4) is 0 Å². The number of nitrogen functional groups attached to an aromatic ring is 1. The zero-order valence-corrected chi connectivity index (χ0v) is 20.0. The average molecular weight is 486 g/mol. The summed E-state index contributed by atoms with van der Waals surface area (Å²) < 4.78 is 20.5. The Morgan fingerprint density at radius 2 is 2.26 bits per heavy atom. The molecule has 2 aliphatic rings. The van der Waals surface area contributed by atoms with E-state index in [4.69, 9.17) is 16.2 Å². The van der Waals surface area contributed by atoms with Gasteiger partial charge in [0.2, 0.25) is 0 Å². The zero-order valence-electron chi connectivity index (χ0n) is 19.2. The number of thiophene rings is 1. The Morgan fingerprint density at radius 3 is 3.00 bits per heavy atom. The molecule has 0 radical (unpaired) electrons. The van der Waals surface area contributed by atoms with Crippen LogP contribution in [0, 0.1) is 18.2 Å². The van der Waals surface area contributed by atoms with Gasteiger partial charge in [-0.3, -0.25) is 4.79 Å². The van der Waals surface area contributed by atoms with E-state index in [9.17, 15) is 9.18 Å². The number of aryl methyl sites for hydroxylation is 1. The topological polar surface area (TPSA) is 132 Å². The fourth-order valence-electron chi connectivity index (χ4n) is 4.86. The van der Waals surface area contributed by atoms with Gasteiger partial charge in [0, 0.05) is 49.6 Å². The molecule has 2 aliphatic heterocycles. The molecular weight excluding hydrogens is 457 g/mol. The molecule has 2 fully saturated rings. The van der Waals surface area contributed by atoms with E-state index in [0.29, 0.717) is 70.7 Å². The van der Waals surface area contributed by atoms with Gasteiger partial charge in [-0.2, -0.15) is 0 Å². The number of hydrogen-bond donors (Lipinski definition) is 3. The highest BCUT2D eigenvalue weighted by Gasteiger charge is 2.48. The van der Waals surface area contributed by atoms with Crippen molar-refractivity contribution in [3.05, 3.63) is 40.5 Å². The summed E-state index contributed by atoms with van der Waals surface area (Å²) in [5.74, 6) is 0.261. The summed E-state index contributed by atoms with van der Waals surface area (Å²) in [6.07, 6.45) is 4.61. The van der Waals surface area contributed by atoms with E-state index >= 15 is 0 Å². The molecule has 0 aliphatic carbocycles. The highest BCUT2D eigenvalue weighted by molar-refractivity contribution is 7.21. The summed E-state index contributed by atoms with van der Waals surface area (Å²) in [6, 6.07) is 1.16. The van der Waals surface area contributed by atoms with Crippen LogP contribution in [0.3, 0.4) is 0 Å². The third kappa shape index (κ3) is 4.08. The lowest BCUT2D eigenvalue weighted by Gasteiger charge is -2.25. The maximum atomic E-state index is 15.0. The van der Waals surface area contributed by atoms with Crippen LogP contribution in [-0.4, -0.2) is 59.2 Å². The van der Waals surface area contributed by atoms with Crippen LogP contribution in [0.15, 0.2) is 18.5 Å². The Labute approximate surface area is 200 Å². The first-order valence-electron chi connectivity index (χ1n) is 11.3. The summed E-state index contributed by atoms with van der Waals surface area (Å²) in [5, 5.41) is 3.61. The van der Waals surface area contributed by atoms with Crippen LogP contribution in [0.5, 0.6) is 0 Å². The number of carbonyl (C=O) groups excluding carboxylic acids is 1. The summed E-state index contributed by atoms with van der Waals surface area (Å²) in [7, 11) is 0. The van der Waals surface area contributed by atoms with E-state index in [1.54, 1.807) is 19.3 Å². The van der Waals surface area contributed by atoms with E-state index in [1.807, 2.05) is 11.8 Å². The Balaban J connectivity index is 1.25. The standard InChI is InChI=1S/C23H28FN7O2S/c1-12(29-21(32)19-18(26)15-8-27-13(2)30-22(15)34-19)5-14-6-16(24)20(28-7-14)31-9-17(25)23(10-31)3-4-33-11-23/h6-8,12,17H,3-5,9-11,25-26H2,1-2H3,(H,29,32). The van der Waals surface area contributed by atoms with Gasteiger partial charge in [0.05, 0.1) is 17.7 Å². The molecule has 34 heavy (non-hydrogen) atoms. The van der Waals surface area contributed by atoms with Gasteiger partial charge in [-0.25, -0.2) is 19.3 Å². The van der Waals surface area contributed by atoms with Crippen molar-refractivity contribution in [2.45, 2.75) is 38.8 Å². The van der Waals surface area contributed by atoms with Crippen molar-refractivity contribution in [3.63, 3.8) is 0 Å². The Hall–Kier alpha value is -2.89. The van der Waals surface area contributed by atoms with Crippen molar-refractivity contribution in [1.29, 1.82) is 0 Å². The van der Waals surface area contributed by atoms with E-state index in [2.05, 4.69) is 20.3 Å². The molecule has 0 bridgehead atoms. The van der Waals surface area contributed by atoms with Crippen molar-refractivity contribution in [1.82, 2.24) is 20.3 Å². The molecule has 3 aromatic rings. The predicted molar refractivity (Wildman–Crippen MR) is 129 cm³/mol. The van der Waals surface area contributed by atoms with Gasteiger partial charge in [-0.15, -0.1) is 11.3 Å². The van der Waals surface area contributed by atoms with Crippen LogP contribution >= 0.6 is 11.3 Å². The van der Waals surface area contributed by atoms with Gasteiger partial charge in [0.1, 0.15) is 15.5 Å². The smallest absolute Gasteiger partial charge is 0.263 e. The Bertz CT molecular complexity index is 1240. The first-order chi connectivity index (χ1) is 16.3. The molecule has 0 aromatic carbocycles. The monoisotopic (exact) mass is 485 g/mol. The number of carbonyl (C=O) groups is 1. The maximum absolute atomic E-state index is 15.0. The Morgan fingerprint density at radius 1 is 1.44 bits per heavy atom. The number of fused-ring (bicyclic) bond motifs is 1. The van der Waals surface area contributed by atoms with Gasteiger partial charge in [0.15, 0.2) is 11.6 Å². The second kappa shape index (κ2) is 8.71. The number of anilines is 2. The van der Waals surface area contributed by atoms with Crippen LogP contribution in [-0.2, 0) is 11.2 Å². The van der Waals surface area contributed by atoms with Gasteiger partial charge in [0.25, 0.3) is 5.91 Å². The zero-order chi connectivity index (χ0) is 24.0. The number of nitrogens with zero attached hydrogens (tertiary/aromatic N) is 4. The quantitative estimate of drug-likeness (QED) is 0.500. The Kier molecular flexibility index (Phi) is 5.86. The minimum Gasteiger partial charge on any atom is -0.397 e. The number of rotatable bonds is 5. The number of aromatic nitrogens is 3.